The van der Waals surface area contributed by atoms with Crippen molar-refractivity contribution in [1.29, 1.82) is 0 Å². The number of carboxylic acid groups (broad SMARTS) is 1. The molecular weight excluding hydrogens is 322 g/mol. The summed E-state index contributed by atoms with van der Waals surface area (Å²) >= 11 is 3.47. The average Bonchev–Trinajstić information content (AvgIpc) is 2.76. The first kappa shape index (κ1) is 15.3. The van der Waals surface area contributed by atoms with E-state index >= 15 is 0 Å². The zero-order valence-electron chi connectivity index (χ0n) is 11.8. The van der Waals surface area contributed by atoms with Crippen LogP contribution in [0.25, 0.3) is 0 Å². The van der Waals surface area contributed by atoms with Crippen LogP contribution in [0.1, 0.15) is 25.8 Å². The number of halogens is 1. The van der Waals surface area contributed by atoms with Crippen LogP contribution < -0.4 is 4.74 Å². The molecule has 1 aliphatic rings. The minimum Gasteiger partial charge on any atom is -0.488 e. The van der Waals surface area contributed by atoms with E-state index in [2.05, 4.69) is 33.8 Å². The summed E-state index contributed by atoms with van der Waals surface area (Å²) < 4.78 is 7.00. The number of fused-ring (bicyclic) bond motifs is 1. The van der Waals surface area contributed by atoms with E-state index < -0.39 is 5.97 Å². The summed E-state index contributed by atoms with van der Waals surface area (Å²) in [4.78, 5) is 13.0. The largest absolute Gasteiger partial charge is 0.488 e. The van der Waals surface area contributed by atoms with E-state index in [0.717, 1.165) is 29.7 Å². The van der Waals surface area contributed by atoms with E-state index in [9.17, 15) is 4.79 Å². The molecule has 0 aliphatic carbocycles. The third-order valence-corrected chi connectivity index (χ3v) is 4.19. The van der Waals surface area contributed by atoms with E-state index in [-0.39, 0.29) is 18.6 Å². The Balaban J connectivity index is 1.96. The van der Waals surface area contributed by atoms with Crippen molar-refractivity contribution in [3.8, 4) is 5.75 Å². The van der Waals surface area contributed by atoms with Crippen LogP contribution in [-0.4, -0.2) is 41.2 Å². The summed E-state index contributed by atoms with van der Waals surface area (Å²) in [6.45, 7) is 5.60. The van der Waals surface area contributed by atoms with Crippen molar-refractivity contribution in [3.05, 3.63) is 28.2 Å². The molecule has 0 bridgehead atoms. The molecule has 2 rings (SSSR count). The number of ether oxygens (including phenoxy) is 1. The molecule has 5 heteroatoms. The first-order chi connectivity index (χ1) is 9.49. The van der Waals surface area contributed by atoms with Crippen LogP contribution in [0.3, 0.4) is 0 Å². The first-order valence-corrected chi connectivity index (χ1v) is 7.69. The molecule has 2 atom stereocenters. The smallest absolute Gasteiger partial charge is 0.304 e. The second-order valence-electron chi connectivity index (χ2n) is 5.23. The number of nitrogens with zero attached hydrogens (tertiary/aromatic N) is 1. The Morgan fingerprint density at radius 2 is 2.35 bits per heavy atom. The third-order valence-electron chi connectivity index (χ3n) is 3.70. The van der Waals surface area contributed by atoms with Gasteiger partial charge >= 0.3 is 5.97 Å². The predicted molar refractivity (Wildman–Crippen MR) is 81.2 cm³/mol. The van der Waals surface area contributed by atoms with E-state index in [0.29, 0.717) is 0 Å². The van der Waals surface area contributed by atoms with Crippen LogP contribution in [0, 0.1) is 0 Å². The van der Waals surface area contributed by atoms with Gasteiger partial charge in [0.1, 0.15) is 11.9 Å². The summed E-state index contributed by atoms with van der Waals surface area (Å²) in [6, 6.07) is 6.07. The average molecular weight is 342 g/mol. The second-order valence-corrected chi connectivity index (χ2v) is 6.15. The summed E-state index contributed by atoms with van der Waals surface area (Å²) in [5.41, 5.74) is 1.21. The monoisotopic (exact) mass is 341 g/mol. The highest BCUT2D eigenvalue weighted by Gasteiger charge is 2.26. The Morgan fingerprint density at radius 3 is 3.00 bits per heavy atom. The maximum absolute atomic E-state index is 10.8. The van der Waals surface area contributed by atoms with E-state index in [1.54, 1.807) is 0 Å². The van der Waals surface area contributed by atoms with Crippen molar-refractivity contribution >= 4 is 21.9 Å². The maximum Gasteiger partial charge on any atom is 0.304 e. The number of carbonyl (C=O) groups is 1. The van der Waals surface area contributed by atoms with Gasteiger partial charge in [0, 0.05) is 23.5 Å². The quantitative estimate of drug-likeness (QED) is 0.864. The molecule has 1 aromatic carbocycles. The van der Waals surface area contributed by atoms with Gasteiger partial charge in [0.15, 0.2) is 0 Å². The Bertz CT molecular complexity index is 492. The van der Waals surface area contributed by atoms with Crippen LogP contribution in [0.5, 0.6) is 5.75 Å². The van der Waals surface area contributed by atoms with Crippen molar-refractivity contribution in [2.24, 2.45) is 0 Å². The van der Waals surface area contributed by atoms with Gasteiger partial charge in [-0.2, -0.15) is 0 Å². The Hall–Kier alpha value is -1.07. The number of aliphatic carboxylic acids is 1. The lowest BCUT2D eigenvalue weighted by molar-refractivity contribution is -0.138. The maximum atomic E-state index is 10.8. The second kappa shape index (κ2) is 6.59. The van der Waals surface area contributed by atoms with E-state index in [1.807, 2.05) is 19.1 Å². The van der Waals surface area contributed by atoms with Gasteiger partial charge in [0.05, 0.1) is 6.42 Å². The molecule has 1 aliphatic heterocycles. The molecule has 0 spiro atoms. The summed E-state index contributed by atoms with van der Waals surface area (Å²) in [5.74, 6) is 0.190. The van der Waals surface area contributed by atoms with Crippen LogP contribution in [-0.2, 0) is 11.2 Å². The van der Waals surface area contributed by atoms with Gasteiger partial charge < -0.3 is 9.84 Å². The molecule has 0 fully saturated rings. The molecule has 0 aromatic heterocycles. The third kappa shape index (κ3) is 3.73. The van der Waals surface area contributed by atoms with Gasteiger partial charge in [-0.05, 0) is 37.2 Å². The SMILES string of the molecule is CCN(CC1Cc2cc(Br)ccc2O1)C(C)CC(=O)O. The topological polar surface area (TPSA) is 49.8 Å². The molecular formula is C15H20BrNO3. The molecule has 0 amide bonds. The molecule has 0 saturated heterocycles. The Kier molecular flexibility index (Phi) is 5.05. The van der Waals surface area contributed by atoms with Crippen molar-refractivity contribution in [3.63, 3.8) is 0 Å². The summed E-state index contributed by atoms with van der Waals surface area (Å²) in [6.07, 6.45) is 1.15. The van der Waals surface area contributed by atoms with Gasteiger partial charge in [0.25, 0.3) is 0 Å². The van der Waals surface area contributed by atoms with Crippen molar-refractivity contribution in [1.82, 2.24) is 4.90 Å². The fraction of sp³-hybridized carbons (Fsp3) is 0.533. The highest BCUT2D eigenvalue weighted by molar-refractivity contribution is 9.10. The van der Waals surface area contributed by atoms with Gasteiger partial charge in [-0.25, -0.2) is 0 Å². The molecule has 1 N–H and O–H groups in total. The van der Waals surface area contributed by atoms with Gasteiger partial charge in [-0.3, -0.25) is 9.69 Å². The zero-order chi connectivity index (χ0) is 14.7. The fourth-order valence-electron chi connectivity index (χ4n) is 2.65. The lowest BCUT2D eigenvalue weighted by Gasteiger charge is -2.29. The van der Waals surface area contributed by atoms with Gasteiger partial charge in [-0.15, -0.1) is 0 Å². The number of rotatable bonds is 6. The molecule has 1 aromatic rings. The molecule has 110 valence electrons. The fourth-order valence-corrected chi connectivity index (χ4v) is 3.06. The van der Waals surface area contributed by atoms with Gasteiger partial charge in [-0.1, -0.05) is 22.9 Å². The van der Waals surface area contributed by atoms with E-state index in [4.69, 9.17) is 9.84 Å². The van der Waals surface area contributed by atoms with Crippen LogP contribution in [0.15, 0.2) is 22.7 Å². The van der Waals surface area contributed by atoms with Crippen molar-refractivity contribution < 1.29 is 14.6 Å². The summed E-state index contributed by atoms with van der Waals surface area (Å²) in [7, 11) is 0. The number of likely N-dealkylation sites (N-methyl/N-ethyl adjacent to an activating group) is 1. The van der Waals surface area contributed by atoms with Crippen LogP contribution in [0.4, 0.5) is 0 Å². The number of hydrogen-bond acceptors (Lipinski definition) is 3. The first-order valence-electron chi connectivity index (χ1n) is 6.90. The van der Waals surface area contributed by atoms with Crippen LogP contribution >= 0.6 is 15.9 Å². The number of benzene rings is 1. The Morgan fingerprint density at radius 1 is 1.60 bits per heavy atom. The summed E-state index contributed by atoms with van der Waals surface area (Å²) in [5, 5.41) is 8.90. The molecule has 4 nitrogen and oxygen atoms in total. The Labute approximate surface area is 127 Å². The van der Waals surface area contributed by atoms with Gasteiger partial charge in [0.2, 0.25) is 0 Å². The lowest BCUT2D eigenvalue weighted by Crippen LogP contribution is -2.41. The molecule has 20 heavy (non-hydrogen) atoms. The lowest BCUT2D eigenvalue weighted by atomic mass is 10.1. The minimum absolute atomic E-state index is 0.0246. The minimum atomic E-state index is -0.754. The van der Waals surface area contributed by atoms with Crippen molar-refractivity contribution in [2.75, 3.05) is 13.1 Å². The van der Waals surface area contributed by atoms with Crippen LogP contribution in [0.2, 0.25) is 0 Å². The predicted octanol–water partition coefficient (Wildman–Crippen LogP) is 2.94. The zero-order valence-corrected chi connectivity index (χ0v) is 13.4. The normalized spacial score (nSPS) is 18.7. The number of hydrogen-bond donors (Lipinski definition) is 1. The molecule has 0 saturated carbocycles. The molecule has 1 heterocycles. The highest BCUT2D eigenvalue weighted by atomic mass is 79.9. The van der Waals surface area contributed by atoms with E-state index in [1.165, 1.54) is 5.56 Å². The highest BCUT2D eigenvalue weighted by Crippen LogP contribution is 2.31. The number of carboxylic acids is 1. The van der Waals surface area contributed by atoms with Crippen molar-refractivity contribution in [2.45, 2.75) is 38.8 Å². The molecule has 2 unspecified atom stereocenters. The standard InChI is InChI=1S/C15H20BrNO3/c1-3-17(10(2)6-15(18)19)9-13-8-11-7-12(16)4-5-14(11)20-13/h4-5,7,10,13H,3,6,8-9H2,1-2H3,(H,18,19). The molecule has 0 radical (unpaired) electrons.